The lowest BCUT2D eigenvalue weighted by Gasteiger charge is -2.22. The van der Waals surface area contributed by atoms with Crippen LogP contribution in [0.15, 0.2) is 18.2 Å². The number of benzene rings is 1. The van der Waals surface area contributed by atoms with Gasteiger partial charge in [-0.3, -0.25) is 10.1 Å². The monoisotopic (exact) mass is 239 g/mol. The zero-order valence-electron chi connectivity index (χ0n) is 9.93. The lowest BCUT2D eigenvalue weighted by atomic mass is 10.0. The summed E-state index contributed by atoms with van der Waals surface area (Å²) in [6.07, 6.45) is 0.588. The number of rotatable bonds is 5. The summed E-state index contributed by atoms with van der Waals surface area (Å²) in [7, 11) is 0. The normalized spacial score (nSPS) is 14.1. The Morgan fingerprint density at radius 1 is 1.53 bits per heavy atom. The van der Waals surface area contributed by atoms with Crippen molar-refractivity contribution in [1.29, 1.82) is 0 Å². The van der Waals surface area contributed by atoms with Crippen LogP contribution in [0.1, 0.15) is 20.3 Å². The molecule has 0 aliphatic rings. The maximum Gasteiger partial charge on any atom is 0.273 e. The van der Waals surface area contributed by atoms with Gasteiger partial charge in [-0.2, -0.15) is 0 Å². The smallest absolute Gasteiger partial charge is 0.273 e. The number of hydrogen-bond donors (Lipinski definition) is 3. The van der Waals surface area contributed by atoms with Crippen molar-refractivity contribution >= 4 is 17.1 Å². The fourth-order valence-electron chi connectivity index (χ4n) is 1.26. The Morgan fingerprint density at radius 3 is 2.71 bits per heavy atom. The third-order valence-electron chi connectivity index (χ3n) is 2.59. The topological polar surface area (TPSA) is 101 Å². The highest BCUT2D eigenvalue weighted by Gasteiger charge is 2.17. The van der Waals surface area contributed by atoms with Crippen LogP contribution in [0, 0.1) is 10.1 Å². The second-order valence-electron chi connectivity index (χ2n) is 4.27. The van der Waals surface area contributed by atoms with E-state index in [1.807, 2.05) is 6.92 Å². The Labute approximate surface area is 99.6 Å². The molecule has 1 aromatic rings. The van der Waals surface area contributed by atoms with E-state index in [0.717, 1.165) is 0 Å². The second-order valence-corrected chi connectivity index (χ2v) is 4.27. The first-order valence-electron chi connectivity index (χ1n) is 5.35. The van der Waals surface area contributed by atoms with Gasteiger partial charge in [0, 0.05) is 30.1 Å². The molecule has 0 saturated carbocycles. The van der Waals surface area contributed by atoms with Crippen LogP contribution in [0.2, 0.25) is 0 Å². The van der Waals surface area contributed by atoms with E-state index in [1.54, 1.807) is 13.0 Å². The van der Waals surface area contributed by atoms with E-state index in [1.165, 1.54) is 12.1 Å². The van der Waals surface area contributed by atoms with Crippen LogP contribution in [0.5, 0.6) is 0 Å². The SMILES string of the molecule is CCC(C)(O)CNc1cc(N)cc([N+](=O)[O-])c1. The van der Waals surface area contributed by atoms with E-state index in [2.05, 4.69) is 5.32 Å². The molecule has 0 aliphatic heterocycles. The molecule has 0 radical (unpaired) electrons. The van der Waals surface area contributed by atoms with Crippen LogP contribution in [0.3, 0.4) is 0 Å². The maximum atomic E-state index is 10.6. The molecule has 0 aromatic heterocycles. The van der Waals surface area contributed by atoms with E-state index < -0.39 is 10.5 Å². The van der Waals surface area contributed by atoms with Crippen molar-refractivity contribution in [3.63, 3.8) is 0 Å². The van der Waals surface area contributed by atoms with Gasteiger partial charge in [0.25, 0.3) is 5.69 Å². The van der Waals surface area contributed by atoms with Crippen molar-refractivity contribution in [3.8, 4) is 0 Å². The minimum absolute atomic E-state index is 0.0661. The molecule has 0 heterocycles. The van der Waals surface area contributed by atoms with E-state index in [4.69, 9.17) is 5.73 Å². The molecule has 0 fully saturated rings. The van der Waals surface area contributed by atoms with Gasteiger partial charge in [0.1, 0.15) is 0 Å². The maximum absolute atomic E-state index is 10.6. The van der Waals surface area contributed by atoms with Crippen molar-refractivity contribution in [3.05, 3.63) is 28.3 Å². The van der Waals surface area contributed by atoms with E-state index >= 15 is 0 Å². The minimum atomic E-state index is -0.848. The quantitative estimate of drug-likeness (QED) is 0.413. The van der Waals surface area contributed by atoms with Crippen molar-refractivity contribution in [2.24, 2.45) is 0 Å². The van der Waals surface area contributed by atoms with Gasteiger partial charge in [-0.05, 0) is 19.4 Å². The Bertz CT molecular complexity index is 418. The fraction of sp³-hybridized carbons (Fsp3) is 0.455. The van der Waals surface area contributed by atoms with E-state index in [0.29, 0.717) is 24.3 Å². The van der Waals surface area contributed by atoms with Gasteiger partial charge in [-0.25, -0.2) is 0 Å². The Kier molecular flexibility index (Phi) is 3.90. The molecular weight excluding hydrogens is 222 g/mol. The van der Waals surface area contributed by atoms with Crippen molar-refractivity contribution in [1.82, 2.24) is 0 Å². The number of nitrogens with two attached hydrogens (primary N) is 1. The lowest BCUT2D eigenvalue weighted by molar-refractivity contribution is -0.384. The Morgan fingerprint density at radius 2 is 2.18 bits per heavy atom. The molecule has 0 saturated heterocycles. The first-order valence-corrected chi connectivity index (χ1v) is 5.35. The number of nitrogens with one attached hydrogen (secondary N) is 1. The predicted octanol–water partition coefficient (Wildman–Crippen LogP) is 1.75. The van der Waals surface area contributed by atoms with Crippen LogP contribution in [-0.4, -0.2) is 22.2 Å². The summed E-state index contributed by atoms with van der Waals surface area (Å²) in [5, 5.41) is 23.4. The number of nitro groups is 1. The highest BCUT2D eigenvalue weighted by atomic mass is 16.6. The molecule has 1 atom stereocenters. The first-order chi connectivity index (χ1) is 7.84. The van der Waals surface area contributed by atoms with Gasteiger partial charge in [0.15, 0.2) is 0 Å². The summed E-state index contributed by atoms with van der Waals surface area (Å²) in [6.45, 7) is 3.87. The number of aliphatic hydroxyl groups is 1. The van der Waals surface area contributed by atoms with Gasteiger partial charge in [-0.15, -0.1) is 0 Å². The van der Waals surface area contributed by atoms with Crippen LogP contribution in [0.25, 0.3) is 0 Å². The van der Waals surface area contributed by atoms with Gasteiger partial charge < -0.3 is 16.2 Å². The molecule has 1 aromatic carbocycles. The zero-order chi connectivity index (χ0) is 13.1. The van der Waals surface area contributed by atoms with E-state index in [-0.39, 0.29) is 5.69 Å². The molecule has 17 heavy (non-hydrogen) atoms. The summed E-state index contributed by atoms with van der Waals surface area (Å²) in [5.41, 5.74) is 5.50. The average Bonchev–Trinajstić information content (AvgIpc) is 2.26. The molecule has 94 valence electrons. The number of nitro benzene ring substituents is 1. The minimum Gasteiger partial charge on any atom is -0.398 e. The first kappa shape index (κ1) is 13.2. The van der Waals surface area contributed by atoms with Crippen molar-refractivity contribution < 1.29 is 10.0 Å². The van der Waals surface area contributed by atoms with Gasteiger partial charge in [0.2, 0.25) is 0 Å². The summed E-state index contributed by atoms with van der Waals surface area (Å²) >= 11 is 0. The molecular formula is C11H17N3O3. The number of non-ortho nitro benzene ring substituents is 1. The van der Waals surface area contributed by atoms with Crippen LogP contribution < -0.4 is 11.1 Å². The van der Waals surface area contributed by atoms with Gasteiger partial charge in [-0.1, -0.05) is 6.92 Å². The van der Waals surface area contributed by atoms with Gasteiger partial charge >= 0.3 is 0 Å². The van der Waals surface area contributed by atoms with E-state index in [9.17, 15) is 15.2 Å². The van der Waals surface area contributed by atoms with Crippen LogP contribution in [-0.2, 0) is 0 Å². The Hall–Kier alpha value is -1.82. The number of nitrogen functional groups attached to an aromatic ring is 1. The molecule has 0 spiro atoms. The lowest BCUT2D eigenvalue weighted by Crippen LogP contribution is -2.32. The molecule has 1 rings (SSSR count). The summed E-state index contributed by atoms with van der Waals surface area (Å²) < 4.78 is 0. The molecule has 0 bridgehead atoms. The molecule has 0 amide bonds. The molecule has 1 unspecified atom stereocenters. The van der Waals surface area contributed by atoms with Crippen LogP contribution in [0.4, 0.5) is 17.1 Å². The molecule has 6 heteroatoms. The summed E-state index contributed by atoms with van der Waals surface area (Å²) in [4.78, 5) is 10.1. The second kappa shape index (κ2) is 5.01. The predicted molar refractivity (Wildman–Crippen MR) is 66.9 cm³/mol. The molecule has 6 nitrogen and oxygen atoms in total. The van der Waals surface area contributed by atoms with Crippen molar-refractivity contribution in [2.75, 3.05) is 17.6 Å². The Balaban J connectivity index is 2.81. The largest absolute Gasteiger partial charge is 0.398 e. The third kappa shape index (κ3) is 3.92. The van der Waals surface area contributed by atoms with Gasteiger partial charge in [0.05, 0.1) is 10.5 Å². The number of anilines is 2. The third-order valence-corrected chi connectivity index (χ3v) is 2.59. The zero-order valence-corrected chi connectivity index (χ0v) is 9.93. The average molecular weight is 239 g/mol. The highest BCUT2D eigenvalue weighted by molar-refractivity contribution is 5.61. The fourth-order valence-corrected chi connectivity index (χ4v) is 1.26. The highest BCUT2D eigenvalue weighted by Crippen LogP contribution is 2.23. The standard InChI is InChI=1S/C11H17N3O3/c1-3-11(2,15)7-13-9-4-8(12)5-10(6-9)14(16)17/h4-6,13,15H,3,7,12H2,1-2H3. The van der Waals surface area contributed by atoms with Crippen molar-refractivity contribution in [2.45, 2.75) is 25.9 Å². The summed E-state index contributed by atoms with van der Waals surface area (Å²) in [5.74, 6) is 0. The molecule has 4 N–H and O–H groups in total. The summed E-state index contributed by atoms with van der Waals surface area (Å²) in [6, 6.07) is 4.28. The van der Waals surface area contributed by atoms with Crippen LogP contribution >= 0.6 is 0 Å². The number of nitrogens with zero attached hydrogens (tertiary/aromatic N) is 1. The number of hydrogen-bond acceptors (Lipinski definition) is 5. The molecule has 0 aliphatic carbocycles.